The second-order valence-electron chi connectivity index (χ2n) is 4.24. The molecule has 0 radical (unpaired) electrons. The van der Waals surface area contributed by atoms with E-state index in [1.807, 2.05) is 6.92 Å². The molecule has 0 fully saturated rings. The summed E-state index contributed by atoms with van der Waals surface area (Å²) in [5, 5.41) is 9.50. The van der Waals surface area contributed by atoms with E-state index in [9.17, 15) is 5.11 Å². The summed E-state index contributed by atoms with van der Waals surface area (Å²) >= 11 is 1.79. The molecule has 0 saturated heterocycles. The third kappa shape index (κ3) is 8.15. The van der Waals surface area contributed by atoms with Gasteiger partial charge in [-0.05, 0) is 13.3 Å². The largest absolute Gasteiger partial charge is 0.392 e. The molecule has 1 nitrogen and oxygen atoms in total. The highest BCUT2D eigenvalue weighted by Crippen LogP contribution is 2.24. The smallest absolute Gasteiger partial charge is 0.0667 e. The molecule has 0 aliphatic heterocycles. The van der Waals surface area contributed by atoms with Crippen LogP contribution in [-0.2, 0) is 0 Å². The average Bonchev–Trinajstić information content (AvgIpc) is 1.80. The van der Waals surface area contributed by atoms with Crippen LogP contribution >= 0.6 is 11.8 Å². The van der Waals surface area contributed by atoms with Crippen LogP contribution in [0.2, 0.25) is 0 Å². The summed E-state index contributed by atoms with van der Waals surface area (Å²) in [5.41, 5.74) is 1.05. The van der Waals surface area contributed by atoms with Crippen LogP contribution in [0.3, 0.4) is 0 Å². The van der Waals surface area contributed by atoms with Crippen molar-refractivity contribution in [2.75, 3.05) is 5.75 Å². The van der Waals surface area contributed by atoms with Crippen LogP contribution in [-0.4, -0.2) is 21.7 Å². The molecule has 72 valence electrons. The van der Waals surface area contributed by atoms with Gasteiger partial charge in [-0.2, -0.15) is 11.8 Å². The van der Waals surface area contributed by atoms with Gasteiger partial charge in [0, 0.05) is 10.5 Å². The number of rotatable bonds is 4. The summed E-state index contributed by atoms with van der Waals surface area (Å²) < 4.78 is 0.246. The Morgan fingerprint density at radius 3 is 2.33 bits per heavy atom. The molecule has 12 heavy (non-hydrogen) atoms. The predicted octanol–water partition coefficient (Wildman–Crippen LogP) is 2.85. The highest BCUT2D eigenvalue weighted by atomic mass is 32.2. The van der Waals surface area contributed by atoms with Gasteiger partial charge in [-0.25, -0.2) is 0 Å². The minimum atomic E-state index is -0.230. The molecule has 0 rings (SSSR count). The van der Waals surface area contributed by atoms with E-state index in [0.29, 0.717) is 0 Å². The van der Waals surface area contributed by atoms with E-state index in [4.69, 9.17) is 0 Å². The van der Waals surface area contributed by atoms with E-state index in [-0.39, 0.29) is 10.9 Å². The molecule has 1 atom stereocenters. The molecule has 0 saturated carbocycles. The van der Waals surface area contributed by atoms with Crippen molar-refractivity contribution >= 4 is 11.8 Å². The van der Waals surface area contributed by atoms with E-state index >= 15 is 0 Å². The fourth-order valence-electron chi connectivity index (χ4n) is 0.807. The molecular weight excluding hydrogens is 168 g/mol. The Morgan fingerprint density at radius 2 is 2.00 bits per heavy atom. The molecule has 0 aliphatic rings. The van der Waals surface area contributed by atoms with Crippen LogP contribution in [0.4, 0.5) is 0 Å². The summed E-state index contributed by atoms with van der Waals surface area (Å²) in [6, 6.07) is 0. The number of hydrogen-bond donors (Lipinski definition) is 1. The lowest BCUT2D eigenvalue weighted by molar-refractivity contribution is 0.200. The quantitative estimate of drug-likeness (QED) is 0.685. The average molecular weight is 188 g/mol. The van der Waals surface area contributed by atoms with Gasteiger partial charge >= 0.3 is 0 Å². The van der Waals surface area contributed by atoms with Crippen LogP contribution in [0.15, 0.2) is 12.2 Å². The Hall–Kier alpha value is 0.0500. The molecule has 0 aromatic carbocycles. The zero-order valence-corrected chi connectivity index (χ0v) is 9.37. The van der Waals surface area contributed by atoms with E-state index in [1.54, 1.807) is 11.8 Å². The van der Waals surface area contributed by atoms with Crippen LogP contribution in [0.5, 0.6) is 0 Å². The molecule has 0 spiro atoms. The predicted molar refractivity (Wildman–Crippen MR) is 57.6 cm³/mol. The van der Waals surface area contributed by atoms with Crippen molar-refractivity contribution in [3.05, 3.63) is 12.2 Å². The van der Waals surface area contributed by atoms with Crippen molar-refractivity contribution in [2.45, 2.75) is 45.0 Å². The first kappa shape index (κ1) is 12.0. The van der Waals surface area contributed by atoms with Gasteiger partial charge in [0.1, 0.15) is 0 Å². The fraction of sp³-hybridized carbons (Fsp3) is 0.800. The van der Waals surface area contributed by atoms with Gasteiger partial charge in [0.25, 0.3) is 0 Å². The van der Waals surface area contributed by atoms with E-state index in [2.05, 4.69) is 27.4 Å². The Kier molecular flexibility index (Phi) is 4.95. The van der Waals surface area contributed by atoms with Gasteiger partial charge in [0.15, 0.2) is 0 Å². The number of aliphatic hydroxyl groups is 1. The van der Waals surface area contributed by atoms with E-state index in [0.717, 1.165) is 17.7 Å². The maximum atomic E-state index is 9.50. The van der Waals surface area contributed by atoms with Crippen molar-refractivity contribution < 1.29 is 5.11 Å². The second-order valence-corrected chi connectivity index (χ2v) is 6.09. The summed E-state index contributed by atoms with van der Waals surface area (Å²) in [4.78, 5) is 0. The molecule has 0 heterocycles. The number of thioether (sulfide) groups is 1. The first-order valence-electron chi connectivity index (χ1n) is 4.27. The molecule has 0 aromatic heterocycles. The van der Waals surface area contributed by atoms with E-state index in [1.165, 1.54) is 0 Å². The Morgan fingerprint density at radius 1 is 1.50 bits per heavy atom. The maximum absolute atomic E-state index is 9.50. The first-order chi connectivity index (χ1) is 5.31. The normalized spacial score (nSPS) is 14.4. The molecule has 1 unspecified atom stereocenters. The maximum Gasteiger partial charge on any atom is 0.0667 e. The third-order valence-electron chi connectivity index (χ3n) is 1.29. The van der Waals surface area contributed by atoms with Gasteiger partial charge in [0.2, 0.25) is 0 Å². The lowest BCUT2D eigenvalue weighted by Gasteiger charge is -2.19. The second kappa shape index (κ2) is 4.93. The molecule has 1 N–H and O–H groups in total. The monoisotopic (exact) mass is 188 g/mol. The standard InChI is InChI=1S/C10H20OS/c1-8(2)6-9(11)7-12-10(3,4)5/h9,11H,1,6-7H2,2-5H3. The van der Waals surface area contributed by atoms with Crippen LogP contribution in [0.25, 0.3) is 0 Å². The lowest BCUT2D eigenvalue weighted by Crippen LogP contribution is -2.16. The van der Waals surface area contributed by atoms with Crippen molar-refractivity contribution in [1.29, 1.82) is 0 Å². The van der Waals surface area contributed by atoms with Crippen molar-refractivity contribution in [3.63, 3.8) is 0 Å². The van der Waals surface area contributed by atoms with Crippen LogP contribution in [0, 0.1) is 0 Å². The van der Waals surface area contributed by atoms with Crippen molar-refractivity contribution in [3.8, 4) is 0 Å². The Balaban J connectivity index is 3.57. The molecule has 0 bridgehead atoms. The van der Waals surface area contributed by atoms with Gasteiger partial charge < -0.3 is 5.11 Å². The molecule has 0 aromatic rings. The Labute approximate surface area is 80.3 Å². The number of aliphatic hydroxyl groups excluding tert-OH is 1. The van der Waals surface area contributed by atoms with Gasteiger partial charge in [-0.1, -0.05) is 26.3 Å². The minimum Gasteiger partial charge on any atom is -0.392 e. The van der Waals surface area contributed by atoms with Gasteiger partial charge in [0.05, 0.1) is 6.10 Å². The summed E-state index contributed by atoms with van der Waals surface area (Å²) in [7, 11) is 0. The zero-order chi connectivity index (χ0) is 9.78. The topological polar surface area (TPSA) is 20.2 Å². The number of hydrogen-bond acceptors (Lipinski definition) is 2. The van der Waals surface area contributed by atoms with Gasteiger partial charge in [-0.3, -0.25) is 0 Å². The molecular formula is C10H20OS. The van der Waals surface area contributed by atoms with Crippen molar-refractivity contribution in [2.24, 2.45) is 0 Å². The molecule has 0 aliphatic carbocycles. The summed E-state index contributed by atoms with van der Waals surface area (Å²) in [6.07, 6.45) is 0.495. The van der Waals surface area contributed by atoms with E-state index < -0.39 is 0 Å². The Bertz CT molecular complexity index is 146. The zero-order valence-electron chi connectivity index (χ0n) is 8.55. The first-order valence-corrected chi connectivity index (χ1v) is 5.26. The lowest BCUT2D eigenvalue weighted by atomic mass is 10.2. The van der Waals surface area contributed by atoms with Crippen LogP contribution in [0.1, 0.15) is 34.1 Å². The summed E-state index contributed by atoms with van der Waals surface area (Å²) in [5.74, 6) is 0.802. The van der Waals surface area contributed by atoms with Crippen LogP contribution < -0.4 is 0 Å². The highest BCUT2D eigenvalue weighted by Gasteiger charge is 2.13. The fourth-order valence-corrected chi connectivity index (χ4v) is 1.62. The SMILES string of the molecule is C=C(C)CC(O)CSC(C)(C)C. The molecule has 2 heteroatoms. The highest BCUT2D eigenvalue weighted by molar-refractivity contribution is 8.00. The molecule has 0 amide bonds. The summed E-state index contributed by atoms with van der Waals surface area (Å²) in [6.45, 7) is 12.2. The van der Waals surface area contributed by atoms with Gasteiger partial charge in [-0.15, -0.1) is 6.58 Å². The van der Waals surface area contributed by atoms with Crippen molar-refractivity contribution in [1.82, 2.24) is 0 Å². The minimum absolute atomic E-state index is 0.230. The third-order valence-corrected chi connectivity index (χ3v) is 2.71.